The molecule has 0 spiro atoms. The zero-order valence-electron chi connectivity index (χ0n) is 14.9. The van der Waals surface area contributed by atoms with Gasteiger partial charge in [0, 0.05) is 30.8 Å². The number of rotatable bonds is 4. The number of amides is 1. The minimum atomic E-state index is 0.188. The molecule has 1 atom stereocenters. The summed E-state index contributed by atoms with van der Waals surface area (Å²) in [7, 11) is 0. The van der Waals surface area contributed by atoms with Crippen molar-refractivity contribution in [2.24, 2.45) is 0 Å². The number of nitrogen functional groups attached to an aromatic ring is 1. The van der Waals surface area contributed by atoms with E-state index in [1.807, 2.05) is 16.3 Å². The number of aryl methyl sites for hydroxylation is 2. The van der Waals surface area contributed by atoms with Crippen LogP contribution in [0.5, 0.6) is 0 Å². The van der Waals surface area contributed by atoms with Crippen molar-refractivity contribution >= 4 is 33.4 Å². The Hall–Kier alpha value is -2.41. The van der Waals surface area contributed by atoms with E-state index in [2.05, 4.69) is 29.0 Å². The van der Waals surface area contributed by atoms with Gasteiger partial charge in [-0.1, -0.05) is 12.1 Å². The van der Waals surface area contributed by atoms with Crippen molar-refractivity contribution < 1.29 is 4.79 Å². The van der Waals surface area contributed by atoms with Crippen LogP contribution in [-0.2, 0) is 11.2 Å². The normalized spacial score (nSPS) is 17.7. The lowest BCUT2D eigenvalue weighted by atomic mass is 9.97. The molecule has 1 fully saturated rings. The van der Waals surface area contributed by atoms with Crippen molar-refractivity contribution in [2.45, 2.75) is 38.5 Å². The van der Waals surface area contributed by atoms with Crippen LogP contribution in [0, 0.1) is 6.92 Å². The number of H-pyrrole nitrogens is 1. The average Bonchev–Trinajstić information content (AvgIpc) is 3.27. The minimum absolute atomic E-state index is 0.188. The number of aromatic amines is 1. The number of carbonyl (C=O) groups is 1. The Labute approximate surface area is 156 Å². The van der Waals surface area contributed by atoms with E-state index >= 15 is 0 Å². The van der Waals surface area contributed by atoms with Crippen molar-refractivity contribution in [3.8, 4) is 0 Å². The van der Waals surface area contributed by atoms with Gasteiger partial charge < -0.3 is 15.6 Å². The number of benzene rings is 1. The molecule has 1 amide bonds. The number of thiazole rings is 1. The van der Waals surface area contributed by atoms with Gasteiger partial charge in [0.25, 0.3) is 0 Å². The average molecular weight is 369 g/mol. The Balaban J connectivity index is 1.42. The Morgan fingerprint density at radius 3 is 3.08 bits per heavy atom. The molecular weight excluding hydrogens is 346 g/mol. The van der Waals surface area contributed by atoms with E-state index in [-0.39, 0.29) is 11.8 Å². The van der Waals surface area contributed by atoms with Gasteiger partial charge in [-0.15, -0.1) is 11.3 Å². The number of piperidine rings is 1. The van der Waals surface area contributed by atoms with Gasteiger partial charge in [0.05, 0.1) is 16.7 Å². The number of para-hydroxylation sites is 1. The Bertz CT molecular complexity index is 931. The van der Waals surface area contributed by atoms with Crippen LogP contribution in [0.15, 0.2) is 23.6 Å². The molecule has 3 aromatic rings. The molecule has 0 radical (unpaired) electrons. The van der Waals surface area contributed by atoms with Gasteiger partial charge in [0.15, 0.2) is 5.13 Å². The smallest absolute Gasteiger partial charge is 0.222 e. The fraction of sp³-hybridized carbons (Fsp3) is 0.421. The number of likely N-dealkylation sites (tertiary alicyclic amines) is 1. The van der Waals surface area contributed by atoms with Crippen molar-refractivity contribution in [3.05, 3.63) is 40.7 Å². The second kappa shape index (κ2) is 7.07. The number of hydrogen-bond donors (Lipinski definition) is 2. The summed E-state index contributed by atoms with van der Waals surface area (Å²) in [5.41, 5.74) is 9.84. The Morgan fingerprint density at radius 2 is 2.31 bits per heavy atom. The Morgan fingerprint density at radius 1 is 1.42 bits per heavy atom. The summed E-state index contributed by atoms with van der Waals surface area (Å²) < 4.78 is 0. The molecule has 1 aromatic carbocycles. The fourth-order valence-corrected chi connectivity index (χ4v) is 4.24. The van der Waals surface area contributed by atoms with E-state index < -0.39 is 0 Å². The van der Waals surface area contributed by atoms with E-state index in [1.165, 1.54) is 16.9 Å². The highest BCUT2D eigenvalue weighted by Gasteiger charge is 2.26. The monoisotopic (exact) mass is 369 g/mol. The number of aromatic nitrogens is 3. The zero-order chi connectivity index (χ0) is 18.1. The maximum absolute atomic E-state index is 12.6. The summed E-state index contributed by atoms with van der Waals surface area (Å²) in [4.78, 5) is 27.1. The van der Waals surface area contributed by atoms with Gasteiger partial charge in [-0.05, 0) is 37.8 Å². The molecule has 6 nitrogen and oxygen atoms in total. The SMILES string of the molecule is Cc1cccc2[nH]c([C@@H]3CCCN(C(=O)CCc4csc(N)n4)C3)nc12. The molecular formula is C19H23N5OS. The molecule has 0 bridgehead atoms. The summed E-state index contributed by atoms with van der Waals surface area (Å²) in [6.45, 7) is 3.64. The number of anilines is 1. The third kappa shape index (κ3) is 3.44. The molecule has 7 heteroatoms. The number of nitrogens with zero attached hydrogens (tertiary/aromatic N) is 3. The van der Waals surface area contributed by atoms with Crippen molar-refractivity contribution in [2.75, 3.05) is 18.8 Å². The molecule has 2 aromatic heterocycles. The van der Waals surface area contributed by atoms with Gasteiger partial charge in [-0.2, -0.15) is 0 Å². The number of nitrogens with one attached hydrogen (secondary N) is 1. The standard InChI is InChI=1S/C19H23N5OS/c1-12-4-2-6-15-17(12)23-18(22-15)13-5-3-9-24(10-13)16(25)8-7-14-11-26-19(20)21-14/h2,4,6,11,13H,3,5,7-10H2,1H3,(H2,20,21)(H,22,23)/t13-/m1/s1. The third-order valence-corrected chi connectivity index (χ3v) is 5.78. The van der Waals surface area contributed by atoms with E-state index in [0.717, 1.165) is 48.5 Å². The summed E-state index contributed by atoms with van der Waals surface area (Å²) in [6, 6.07) is 6.18. The van der Waals surface area contributed by atoms with Crippen LogP contribution in [0.4, 0.5) is 5.13 Å². The van der Waals surface area contributed by atoms with Gasteiger partial charge in [0.1, 0.15) is 5.82 Å². The maximum Gasteiger partial charge on any atom is 0.222 e. The maximum atomic E-state index is 12.6. The number of imidazole rings is 1. The lowest BCUT2D eigenvalue weighted by Gasteiger charge is -2.32. The van der Waals surface area contributed by atoms with Crippen LogP contribution >= 0.6 is 11.3 Å². The van der Waals surface area contributed by atoms with Gasteiger partial charge in [-0.3, -0.25) is 4.79 Å². The van der Waals surface area contributed by atoms with E-state index in [4.69, 9.17) is 10.7 Å². The second-order valence-corrected chi connectivity index (χ2v) is 7.84. The van der Waals surface area contributed by atoms with Gasteiger partial charge >= 0.3 is 0 Å². The van der Waals surface area contributed by atoms with Crippen LogP contribution in [0.3, 0.4) is 0 Å². The van der Waals surface area contributed by atoms with Crippen LogP contribution in [0.2, 0.25) is 0 Å². The van der Waals surface area contributed by atoms with Crippen LogP contribution < -0.4 is 5.73 Å². The largest absolute Gasteiger partial charge is 0.375 e. The first-order chi connectivity index (χ1) is 12.6. The molecule has 1 aliphatic heterocycles. The minimum Gasteiger partial charge on any atom is -0.375 e. The summed E-state index contributed by atoms with van der Waals surface area (Å²) in [5, 5.41) is 2.49. The second-order valence-electron chi connectivity index (χ2n) is 6.95. The molecule has 136 valence electrons. The first-order valence-electron chi connectivity index (χ1n) is 9.03. The van der Waals surface area contributed by atoms with Crippen molar-refractivity contribution in [3.63, 3.8) is 0 Å². The molecule has 0 saturated carbocycles. The van der Waals surface area contributed by atoms with E-state index in [9.17, 15) is 4.79 Å². The number of hydrogen-bond acceptors (Lipinski definition) is 5. The summed E-state index contributed by atoms with van der Waals surface area (Å²) in [6.07, 6.45) is 3.20. The fourth-order valence-electron chi connectivity index (χ4n) is 3.65. The highest BCUT2D eigenvalue weighted by molar-refractivity contribution is 7.13. The summed E-state index contributed by atoms with van der Waals surface area (Å²) in [5.74, 6) is 1.46. The highest BCUT2D eigenvalue weighted by atomic mass is 32.1. The van der Waals surface area contributed by atoms with E-state index in [0.29, 0.717) is 18.0 Å². The predicted octanol–water partition coefficient (Wildman–Crippen LogP) is 3.25. The van der Waals surface area contributed by atoms with E-state index in [1.54, 1.807) is 0 Å². The molecule has 3 heterocycles. The lowest BCUT2D eigenvalue weighted by Crippen LogP contribution is -2.39. The molecule has 4 rings (SSSR count). The molecule has 1 saturated heterocycles. The zero-order valence-corrected chi connectivity index (χ0v) is 15.7. The number of fused-ring (bicyclic) bond motifs is 1. The van der Waals surface area contributed by atoms with Crippen molar-refractivity contribution in [1.82, 2.24) is 19.9 Å². The first kappa shape index (κ1) is 17.0. The first-order valence-corrected chi connectivity index (χ1v) is 9.91. The predicted molar refractivity (Wildman–Crippen MR) is 104 cm³/mol. The van der Waals surface area contributed by atoms with Crippen LogP contribution in [-0.4, -0.2) is 38.8 Å². The summed E-state index contributed by atoms with van der Waals surface area (Å²) >= 11 is 1.42. The lowest BCUT2D eigenvalue weighted by molar-refractivity contribution is -0.132. The third-order valence-electron chi connectivity index (χ3n) is 5.06. The molecule has 26 heavy (non-hydrogen) atoms. The van der Waals surface area contributed by atoms with Gasteiger partial charge in [-0.25, -0.2) is 9.97 Å². The van der Waals surface area contributed by atoms with Crippen LogP contribution in [0.1, 0.15) is 42.3 Å². The molecule has 0 aliphatic carbocycles. The molecule has 3 N–H and O–H groups in total. The topological polar surface area (TPSA) is 87.9 Å². The van der Waals surface area contributed by atoms with Crippen molar-refractivity contribution in [1.29, 1.82) is 0 Å². The van der Waals surface area contributed by atoms with Crippen LogP contribution in [0.25, 0.3) is 11.0 Å². The molecule has 1 aliphatic rings. The number of carbonyl (C=O) groups excluding carboxylic acids is 1. The Kier molecular flexibility index (Phi) is 4.63. The van der Waals surface area contributed by atoms with Gasteiger partial charge in [0.2, 0.25) is 5.91 Å². The highest BCUT2D eigenvalue weighted by Crippen LogP contribution is 2.28. The molecule has 0 unspecified atom stereocenters. The quantitative estimate of drug-likeness (QED) is 0.739. The number of nitrogens with two attached hydrogens (primary N) is 1.